The van der Waals surface area contributed by atoms with E-state index in [2.05, 4.69) is 0 Å². The molecule has 0 N–H and O–H groups in total. The van der Waals surface area contributed by atoms with Gasteiger partial charge in [0.1, 0.15) is 11.3 Å². The highest BCUT2D eigenvalue weighted by Gasteiger charge is 2.26. The van der Waals surface area contributed by atoms with E-state index in [4.69, 9.17) is 9.15 Å². The summed E-state index contributed by atoms with van der Waals surface area (Å²) >= 11 is 0. The summed E-state index contributed by atoms with van der Waals surface area (Å²) in [6, 6.07) is 21.9. The van der Waals surface area contributed by atoms with Crippen LogP contribution in [0.4, 0.5) is 0 Å². The Balaban J connectivity index is 1.81. The fourth-order valence-electron chi connectivity index (χ4n) is 3.20. The molecule has 4 rings (SSSR count). The average molecular weight is 406 g/mol. The van der Waals surface area contributed by atoms with Crippen molar-refractivity contribution in [1.82, 2.24) is 0 Å². The second kappa shape index (κ2) is 7.56. The minimum absolute atomic E-state index is 0.0505. The van der Waals surface area contributed by atoms with Crippen LogP contribution >= 0.6 is 0 Å². The predicted molar refractivity (Wildman–Crippen MR) is 110 cm³/mol. The molecule has 0 saturated heterocycles. The molecule has 5 nitrogen and oxygen atoms in total. The molecule has 3 aromatic carbocycles. The van der Waals surface area contributed by atoms with Crippen LogP contribution in [0.5, 0.6) is 5.75 Å². The van der Waals surface area contributed by atoms with Gasteiger partial charge in [-0.1, -0.05) is 48.5 Å². The minimum Gasteiger partial charge on any atom is -0.497 e. The number of fused-ring (bicyclic) bond motifs is 1. The van der Waals surface area contributed by atoms with Crippen LogP contribution in [0.3, 0.4) is 0 Å². The third kappa shape index (κ3) is 3.67. The van der Waals surface area contributed by atoms with Crippen molar-refractivity contribution in [2.75, 3.05) is 7.11 Å². The summed E-state index contributed by atoms with van der Waals surface area (Å²) < 4.78 is 37.0. The maximum Gasteiger partial charge on any atom is 0.228 e. The number of carbonyl (C=O) groups excluding carboxylic acids is 1. The maximum atomic E-state index is 13.1. The van der Waals surface area contributed by atoms with Crippen LogP contribution in [0.15, 0.2) is 88.2 Å². The maximum absolute atomic E-state index is 13.1. The van der Waals surface area contributed by atoms with Crippen LogP contribution in [0.25, 0.3) is 11.0 Å². The average Bonchev–Trinajstić information content (AvgIpc) is 3.11. The van der Waals surface area contributed by atoms with Gasteiger partial charge in [0.25, 0.3) is 0 Å². The van der Waals surface area contributed by atoms with Crippen LogP contribution in [0.1, 0.15) is 21.7 Å². The molecular formula is C23H18O5S. The highest BCUT2D eigenvalue weighted by molar-refractivity contribution is 7.90. The van der Waals surface area contributed by atoms with Gasteiger partial charge in [-0.05, 0) is 30.3 Å². The first-order chi connectivity index (χ1) is 14.0. The number of carbonyl (C=O) groups is 1. The smallest absolute Gasteiger partial charge is 0.228 e. The van der Waals surface area contributed by atoms with Gasteiger partial charge < -0.3 is 9.15 Å². The van der Waals surface area contributed by atoms with Gasteiger partial charge in [-0.25, -0.2) is 8.42 Å². The highest BCUT2D eigenvalue weighted by Crippen LogP contribution is 2.31. The molecule has 0 aliphatic rings. The molecule has 1 heterocycles. The van der Waals surface area contributed by atoms with Crippen molar-refractivity contribution in [3.63, 3.8) is 0 Å². The molecule has 4 aromatic rings. The first kappa shape index (κ1) is 19.0. The van der Waals surface area contributed by atoms with Crippen molar-refractivity contribution in [1.29, 1.82) is 0 Å². The molecule has 0 bridgehead atoms. The molecule has 0 aliphatic carbocycles. The van der Waals surface area contributed by atoms with E-state index in [0.717, 1.165) is 0 Å². The van der Waals surface area contributed by atoms with Crippen LogP contribution in [0, 0.1) is 0 Å². The van der Waals surface area contributed by atoms with Crippen LogP contribution in [-0.4, -0.2) is 21.3 Å². The van der Waals surface area contributed by atoms with Crippen molar-refractivity contribution in [3.8, 4) is 5.75 Å². The number of sulfone groups is 1. The largest absolute Gasteiger partial charge is 0.497 e. The molecule has 0 saturated carbocycles. The Kier molecular flexibility index (Phi) is 4.94. The molecule has 1 aromatic heterocycles. The van der Waals surface area contributed by atoms with Crippen molar-refractivity contribution in [3.05, 3.63) is 95.7 Å². The SMILES string of the molecule is COc1ccc(S(=O)(=O)Cc2c(C(=O)c3ccccc3)oc3ccccc23)cc1. The van der Waals surface area contributed by atoms with E-state index in [1.807, 2.05) is 6.07 Å². The number of furan rings is 1. The number of para-hydroxylation sites is 1. The molecule has 6 heteroatoms. The second-order valence-electron chi connectivity index (χ2n) is 6.54. The molecule has 0 atom stereocenters. The summed E-state index contributed by atoms with van der Waals surface area (Å²) in [7, 11) is -2.19. The zero-order chi connectivity index (χ0) is 20.4. The van der Waals surface area contributed by atoms with E-state index in [-0.39, 0.29) is 22.2 Å². The highest BCUT2D eigenvalue weighted by atomic mass is 32.2. The third-order valence-electron chi connectivity index (χ3n) is 4.69. The Morgan fingerprint density at radius 3 is 2.24 bits per heavy atom. The van der Waals surface area contributed by atoms with Crippen molar-refractivity contribution < 1.29 is 22.4 Å². The van der Waals surface area contributed by atoms with E-state index in [1.165, 1.54) is 19.2 Å². The lowest BCUT2D eigenvalue weighted by Gasteiger charge is -2.07. The standard InChI is InChI=1S/C23H18O5S/c1-27-17-11-13-18(14-12-17)29(25,26)15-20-19-9-5-6-10-21(19)28-23(20)22(24)16-7-3-2-4-8-16/h2-14H,15H2,1H3. The van der Waals surface area contributed by atoms with Crippen LogP contribution in [-0.2, 0) is 15.6 Å². The lowest BCUT2D eigenvalue weighted by atomic mass is 10.0. The van der Waals surface area contributed by atoms with E-state index in [1.54, 1.807) is 60.7 Å². The van der Waals surface area contributed by atoms with Crippen LogP contribution in [0.2, 0.25) is 0 Å². The topological polar surface area (TPSA) is 73.6 Å². The summed E-state index contributed by atoms with van der Waals surface area (Å²) in [5.74, 6) is -0.0709. The summed E-state index contributed by atoms with van der Waals surface area (Å²) in [4.78, 5) is 13.2. The van der Waals surface area contributed by atoms with Crippen molar-refractivity contribution in [2.45, 2.75) is 10.6 Å². The molecule has 146 valence electrons. The lowest BCUT2D eigenvalue weighted by molar-refractivity contribution is 0.101. The quantitative estimate of drug-likeness (QED) is 0.436. The van der Waals surface area contributed by atoms with Gasteiger partial charge in [-0.3, -0.25) is 4.79 Å². The normalized spacial score (nSPS) is 11.5. The van der Waals surface area contributed by atoms with E-state index in [9.17, 15) is 13.2 Å². The second-order valence-corrected chi connectivity index (χ2v) is 8.53. The Morgan fingerprint density at radius 1 is 0.897 bits per heavy atom. The fraction of sp³-hybridized carbons (Fsp3) is 0.0870. The van der Waals surface area contributed by atoms with E-state index < -0.39 is 9.84 Å². The number of hydrogen-bond donors (Lipinski definition) is 0. The van der Waals surface area contributed by atoms with Gasteiger partial charge in [0.15, 0.2) is 15.6 Å². The number of hydrogen-bond acceptors (Lipinski definition) is 5. The zero-order valence-electron chi connectivity index (χ0n) is 15.7. The zero-order valence-corrected chi connectivity index (χ0v) is 16.5. The fourth-order valence-corrected chi connectivity index (χ4v) is 4.59. The Hall–Kier alpha value is -3.38. The molecule has 0 fully saturated rings. The first-order valence-corrected chi connectivity index (χ1v) is 10.6. The number of rotatable bonds is 6. The van der Waals surface area contributed by atoms with Crippen LogP contribution < -0.4 is 4.74 Å². The lowest BCUT2D eigenvalue weighted by Crippen LogP contribution is -2.09. The van der Waals surface area contributed by atoms with Gasteiger partial charge in [0.2, 0.25) is 5.78 Å². The summed E-state index contributed by atoms with van der Waals surface area (Å²) in [6.45, 7) is 0. The molecule has 0 spiro atoms. The van der Waals surface area contributed by atoms with E-state index in [0.29, 0.717) is 27.8 Å². The van der Waals surface area contributed by atoms with Crippen molar-refractivity contribution in [2.24, 2.45) is 0 Å². The van der Waals surface area contributed by atoms with Gasteiger partial charge >= 0.3 is 0 Å². The Labute approximate surface area is 168 Å². The predicted octanol–water partition coefficient (Wildman–Crippen LogP) is 4.65. The van der Waals surface area contributed by atoms with Gasteiger partial charge in [0, 0.05) is 16.5 Å². The molecule has 29 heavy (non-hydrogen) atoms. The van der Waals surface area contributed by atoms with Crippen molar-refractivity contribution >= 4 is 26.6 Å². The van der Waals surface area contributed by atoms with Gasteiger partial charge in [0.05, 0.1) is 17.8 Å². The molecule has 0 amide bonds. The Morgan fingerprint density at radius 2 is 1.55 bits per heavy atom. The Bertz CT molecular complexity index is 1270. The summed E-state index contributed by atoms with van der Waals surface area (Å²) in [5, 5.41) is 0.615. The third-order valence-corrected chi connectivity index (χ3v) is 6.35. The molecular weight excluding hydrogens is 388 g/mol. The van der Waals surface area contributed by atoms with E-state index >= 15 is 0 Å². The molecule has 0 unspecified atom stereocenters. The first-order valence-electron chi connectivity index (χ1n) is 8.96. The molecule has 0 radical (unpaired) electrons. The van der Waals surface area contributed by atoms with Gasteiger partial charge in [-0.2, -0.15) is 0 Å². The number of benzene rings is 3. The number of ether oxygens (including phenoxy) is 1. The van der Waals surface area contributed by atoms with Gasteiger partial charge in [-0.15, -0.1) is 0 Å². The number of ketones is 1. The minimum atomic E-state index is -3.71. The number of methoxy groups -OCH3 is 1. The molecule has 0 aliphatic heterocycles. The summed E-state index contributed by atoms with van der Waals surface area (Å²) in [5.41, 5.74) is 1.28. The monoisotopic (exact) mass is 406 g/mol. The summed E-state index contributed by atoms with van der Waals surface area (Å²) in [6.07, 6.45) is 0.